The van der Waals surface area contributed by atoms with Crippen LogP contribution in [0.25, 0.3) is 0 Å². The van der Waals surface area contributed by atoms with Gasteiger partial charge in [-0.1, -0.05) is 43.2 Å². The van der Waals surface area contributed by atoms with Crippen LogP contribution < -0.4 is 10.6 Å². The average molecular weight is 304 g/mol. The fourth-order valence-corrected chi connectivity index (χ4v) is 3.06. The number of rotatable bonds is 5. The Kier molecular flexibility index (Phi) is 6.18. The lowest BCUT2D eigenvalue weighted by atomic mass is 10.1. The number of hydrogen-bond donors (Lipinski definition) is 2. The topological polar surface area (TPSA) is 41.1 Å². The maximum atomic E-state index is 12.0. The van der Waals surface area contributed by atoms with E-state index >= 15 is 0 Å². The molecule has 0 aromatic heterocycles. The number of carbonyl (C=O) groups is 1. The summed E-state index contributed by atoms with van der Waals surface area (Å²) in [6.07, 6.45) is 6.31. The van der Waals surface area contributed by atoms with Crippen LogP contribution in [0.1, 0.15) is 44.6 Å². The van der Waals surface area contributed by atoms with E-state index in [0.29, 0.717) is 5.11 Å². The van der Waals surface area contributed by atoms with Gasteiger partial charge in [-0.3, -0.25) is 4.79 Å². The molecule has 0 heterocycles. The van der Waals surface area contributed by atoms with Crippen LogP contribution in [0.2, 0.25) is 0 Å². The van der Waals surface area contributed by atoms with Crippen LogP contribution in [0.15, 0.2) is 30.3 Å². The molecule has 1 aromatic carbocycles. The summed E-state index contributed by atoms with van der Waals surface area (Å²) in [5.41, 5.74) is 1.33. The van der Waals surface area contributed by atoms with Crippen molar-refractivity contribution in [2.75, 3.05) is 0 Å². The highest BCUT2D eigenvalue weighted by Gasteiger charge is 2.23. The Labute approximate surface area is 132 Å². The number of amides is 1. The summed E-state index contributed by atoms with van der Waals surface area (Å²) >= 11 is 5.23. The maximum absolute atomic E-state index is 12.0. The van der Waals surface area contributed by atoms with Crippen molar-refractivity contribution in [1.29, 1.82) is 0 Å². The van der Waals surface area contributed by atoms with Crippen LogP contribution in [0.4, 0.5) is 0 Å². The quantitative estimate of drug-likeness (QED) is 0.821. The van der Waals surface area contributed by atoms with E-state index in [1.54, 1.807) is 0 Å². The van der Waals surface area contributed by atoms with E-state index in [0.717, 1.165) is 38.5 Å². The second-order valence-electron chi connectivity index (χ2n) is 5.87. The molecule has 1 fully saturated rings. The van der Waals surface area contributed by atoms with Crippen molar-refractivity contribution in [2.45, 2.75) is 51.5 Å². The van der Waals surface area contributed by atoms with Gasteiger partial charge in [-0.15, -0.1) is 0 Å². The van der Waals surface area contributed by atoms with Crippen LogP contribution in [-0.2, 0) is 11.2 Å². The van der Waals surface area contributed by atoms with Gasteiger partial charge < -0.3 is 10.6 Å². The zero-order chi connectivity index (χ0) is 15.1. The Balaban J connectivity index is 1.68. The molecule has 114 valence electrons. The number of carbonyl (C=O) groups excluding carboxylic acids is 1. The summed E-state index contributed by atoms with van der Waals surface area (Å²) in [5, 5.41) is 6.50. The molecule has 0 saturated heterocycles. The second-order valence-corrected chi connectivity index (χ2v) is 6.28. The third-order valence-corrected chi connectivity index (χ3v) is 4.27. The second kappa shape index (κ2) is 8.13. The molecule has 1 aliphatic rings. The molecule has 21 heavy (non-hydrogen) atoms. The smallest absolute Gasteiger partial charge is 0.229 e. The van der Waals surface area contributed by atoms with Gasteiger partial charge in [0.1, 0.15) is 0 Å². The standard InChI is InChI=1S/C17H24N2OS/c1-13(11-12-14-7-3-2-4-8-14)18-17(21)19-16(20)15-9-5-6-10-15/h2-4,7-8,13,15H,5-6,9-12H2,1H3,(H2,18,19,20,21). The summed E-state index contributed by atoms with van der Waals surface area (Å²) < 4.78 is 0. The molecule has 0 aliphatic heterocycles. The Bertz CT molecular complexity index is 469. The van der Waals surface area contributed by atoms with Gasteiger partial charge >= 0.3 is 0 Å². The molecule has 4 heteroatoms. The van der Waals surface area contributed by atoms with Gasteiger partial charge in [0.05, 0.1) is 0 Å². The zero-order valence-electron chi connectivity index (χ0n) is 12.6. The van der Waals surface area contributed by atoms with Crippen molar-refractivity contribution in [3.05, 3.63) is 35.9 Å². The van der Waals surface area contributed by atoms with Crippen LogP contribution >= 0.6 is 12.2 Å². The highest BCUT2D eigenvalue weighted by atomic mass is 32.1. The third-order valence-electron chi connectivity index (χ3n) is 4.05. The van der Waals surface area contributed by atoms with Crippen molar-refractivity contribution < 1.29 is 4.79 Å². The van der Waals surface area contributed by atoms with E-state index in [1.165, 1.54) is 5.56 Å². The van der Waals surface area contributed by atoms with Crippen LogP contribution in [0.3, 0.4) is 0 Å². The molecule has 0 spiro atoms. The SMILES string of the molecule is CC(CCc1ccccc1)NC(=S)NC(=O)C1CCCC1. The first-order valence-corrected chi connectivity index (χ1v) is 8.21. The van der Waals surface area contributed by atoms with Gasteiger partial charge in [-0.2, -0.15) is 0 Å². The summed E-state index contributed by atoms with van der Waals surface area (Å²) in [6.45, 7) is 2.09. The van der Waals surface area contributed by atoms with E-state index < -0.39 is 0 Å². The molecule has 0 radical (unpaired) electrons. The van der Waals surface area contributed by atoms with Crippen molar-refractivity contribution in [2.24, 2.45) is 5.92 Å². The van der Waals surface area contributed by atoms with E-state index in [-0.39, 0.29) is 17.9 Å². The molecule has 3 nitrogen and oxygen atoms in total. The lowest BCUT2D eigenvalue weighted by Crippen LogP contribution is -2.45. The number of thiocarbonyl (C=S) groups is 1. The van der Waals surface area contributed by atoms with Crippen LogP contribution in [-0.4, -0.2) is 17.1 Å². The van der Waals surface area contributed by atoms with Crippen LogP contribution in [0, 0.1) is 5.92 Å². The number of hydrogen-bond acceptors (Lipinski definition) is 2. The van der Waals surface area contributed by atoms with E-state index in [9.17, 15) is 4.79 Å². The third kappa shape index (κ3) is 5.46. The van der Waals surface area contributed by atoms with Crippen molar-refractivity contribution in [1.82, 2.24) is 10.6 Å². The number of benzene rings is 1. The Morgan fingerprint density at radius 3 is 2.62 bits per heavy atom. The molecule has 1 unspecified atom stereocenters. The molecule has 1 saturated carbocycles. The predicted octanol–water partition coefficient (Wildman–Crippen LogP) is 3.19. The highest BCUT2D eigenvalue weighted by molar-refractivity contribution is 7.80. The minimum atomic E-state index is 0.0836. The highest BCUT2D eigenvalue weighted by Crippen LogP contribution is 2.24. The molecule has 2 rings (SSSR count). The normalized spacial score (nSPS) is 16.4. The molecular weight excluding hydrogens is 280 g/mol. The van der Waals surface area contributed by atoms with Crippen LogP contribution in [0.5, 0.6) is 0 Å². The maximum Gasteiger partial charge on any atom is 0.229 e. The van der Waals surface area contributed by atoms with E-state index in [2.05, 4.69) is 41.8 Å². The summed E-state index contributed by atoms with van der Waals surface area (Å²) in [4.78, 5) is 12.0. The number of nitrogens with one attached hydrogen (secondary N) is 2. The van der Waals surface area contributed by atoms with Crippen molar-refractivity contribution in [3.63, 3.8) is 0 Å². The Hall–Kier alpha value is -1.42. The molecule has 1 atom stereocenters. The number of aryl methyl sites for hydroxylation is 1. The molecule has 1 amide bonds. The molecule has 0 bridgehead atoms. The van der Waals surface area contributed by atoms with Gasteiger partial charge in [0.15, 0.2) is 5.11 Å². The molecule has 1 aromatic rings. The average Bonchev–Trinajstić information content (AvgIpc) is 3.00. The van der Waals surface area contributed by atoms with Gasteiger partial charge in [0, 0.05) is 12.0 Å². The summed E-state index contributed by atoms with van der Waals surface area (Å²) in [5.74, 6) is 0.240. The largest absolute Gasteiger partial charge is 0.360 e. The van der Waals surface area contributed by atoms with Gasteiger partial charge in [-0.25, -0.2) is 0 Å². The lowest BCUT2D eigenvalue weighted by Gasteiger charge is -2.17. The lowest BCUT2D eigenvalue weighted by molar-refractivity contribution is -0.123. The zero-order valence-corrected chi connectivity index (χ0v) is 13.4. The Morgan fingerprint density at radius 2 is 1.95 bits per heavy atom. The van der Waals surface area contributed by atoms with Gasteiger partial charge in [-0.05, 0) is 50.4 Å². The minimum Gasteiger partial charge on any atom is -0.360 e. The molecular formula is C17H24N2OS. The molecule has 1 aliphatic carbocycles. The van der Waals surface area contributed by atoms with Gasteiger partial charge in [0.25, 0.3) is 0 Å². The summed E-state index contributed by atoms with van der Waals surface area (Å²) in [6, 6.07) is 10.7. The first-order valence-electron chi connectivity index (χ1n) is 7.80. The monoisotopic (exact) mass is 304 g/mol. The molecule has 2 N–H and O–H groups in total. The van der Waals surface area contributed by atoms with E-state index in [4.69, 9.17) is 12.2 Å². The predicted molar refractivity (Wildman–Crippen MR) is 90.1 cm³/mol. The first-order chi connectivity index (χ1) is 10.1. The van der Waals surface area contributed by atoms with Crippen molar-refractivity contribution >= 4 is 23.2 Å². The fourth-order valence-electron chi connectivity index (χ4n) is 2.76. The van der Waals surface area contributed by atoms with Crippen molar-refractivity contribution in [3.8, 4) is 0 Å². The van der Waals surface area contributed by atoms with E-state index in [1.807, 2.05) is 6.07 Å². The Morgan fingerprint density at radius 1 is 1.29 bits per heavy atom. The first kappa shape index (κ1) is 16.0. The fraction of sp³-hybridized carbons (Fsp3) is 0.529. The van der Waals surface area contributed by atoms with Gasteiger partial charge in [0.2, 0.25) is 5.91 Å². The minimum absolute atomic E-state index is 0.0836. The summed E-state index contributed by atoms with van der Waals surface area (Å²) in [7, 11) is 0.